The average Bonchev–Trinajstić information content (AvgIpc) is 3.85. The van der Waals surface area contributed by atoms with Gasteiger partial charge in [-0.05, 0) is 79.7 Å². The number of oxime groups is 1. The Morgan fingerprint density at radius 3 is 2.54 bits per heavy atom. The molecule has 2 saturated carbocycles. The van der Waals surface area contributed by atoms with E-state index in [4.69, 9.17) is 24.2 Å². The van der Waals surface area contributed by atoms with Crippen molar-refractivity contribution in [2.24, 2.45) is 22.9 Å². The molecule has 0 bridgehead atoms. The van der Waals surface area contributed by atoms with Gasteiger partial charge in [0.2, 0.25) is 5.79 Å². The number of fused-ring (bicyclic) bond motifs is 2. The molecule has 0 spiro atoms. The second-order valence-electron chi connectivity index (χ2n) is 15.2. The number of hydrogen-bond acceptors (Lipinski definition) is 9. The molecule has 0 unspecified atom stereocenters. The van der Waals surface area contributed by atoms with Gasteiger partial charge in [-0.1, -0.05) is 73.3 Å². The van der Waals surface area contributed by atoms with Gasteiger partial charge in [0.25, 0.3) is 0 Å². The molecule has 7 rings (SSSR count). The fourth-order valence-corrected chi connectivity index (χ4v) is 10.9. The lowest BCUT2D eigenvalue weighted by atomic mass is 9.56. The van der Waals surface area contributed by atoms with Gasteiger partial charge in [0.1, 0.15) is 24.7 Å². The number of hydrogen-bond donors (Lipinski definition) is 2. The van der Waals surface area contributed by atoms with E-state index >= 15 is 0 Å². The van der Waals surface area contributed by atoms with Crippen LogP contribution in [0.25, 0.3) is 0 Å². The van der Waals surface area contributed by atoms with E-state index in [2.05, 4.69) is 47.9 Å². The number of allylic oxidation sites excluding steroid dienone is 1. The van der Waals surface area contributed by atoms with Crippen LogP contribution >= 0.6 is 11.8 Å². The van der Waals surface area contributed by atoms with Crippen LogP contribution in [0.4, 0.5) is 0 Å². The number of ether oxygens (including phenoxy) is 3. The van der Waals surface area contributed by atoms with Crippen molar-refractivity contribution in [2.75, 3.05) is 46.1 Å². The van der Waals surface area contributed by atoms with Crippen LogP contribution in [0, 0.1) is 17.8 Å². The van der Waals surface area contributed by atoms with E-state index in [1.54, 1.807) is 0 Å². The standard InChI is InChI=1S/C43H58N2O6S/c1-2-25-49-43-40(52-34-15-6-7-16-34)29-38(44-50-30-31-12-4-3-5-13-31)36-27-32(14-8-10-23-46)35(17-9-11-24-47)41(42(36)43)37-28-33(18-19-39(37)51-43)48-26-22-45-20-21-45/h2-5,12-13,18-19,27-28,32,34-35,40-42,46-47H,1,6-11,14-17,20-26,29-30H2/t32-,35+,40-,41+,42+,43+/m0/s1. The molecule has 2 aliphatic heterocycles. The summed E-state index contributed by atoms with van der Waals surface area (Å²) in [5.41, 5.74) is 4.44. The van der Waals surface area contributed by atoms with Gasteiger partial charge in [0, 0.05) is 56.0 Å². The Hall–Kier alpha value is -2.82. The van der Waals surface area contributed by atoms with Gasteiger partial charge in [-0.15, -0.1) is 18.3 Å². The molecule has 3 aliphatic carbocycles. The highest BCUT2D eigenvalue weighted by molar-refractivity contribution is 8.00. The predicted octanol–water partition coefficient (Wildman–Crippen LogP) is 7.89. The summed E-state index contributed by atoms with van der Waals surface area (Å²) < 4.78 is 20.8. The van der Waals surface area contributed by atoms with Crippen LogP contribution in [0.2, 0.25) is 0 Å². The molecular weight excluding hydrogens is 673 g/mol. The third-order valence-corrected chi connectivity index (χ3v) is 13.4. The lowest BCUT2D eigenvalue weighted by molar-refractivity contribution is -0.223. The fourth-order valence-electron chi connectivity index (χ4n) is 9.14. The minimum absolute atomic E-state index is 0.0000241. The summed E-state index contributed by atoms with van der Waals surface area (Å²) >= 11 is 2.04. The largest absolute Gasteiger partial charge is 0.492 e. The highest BCUT2D eigenvalue weighted by Crippen LogP contribution is 2.63. The Bertz CT molecular complexity index is 1520. The zero-order valence-corrected chi connectivity index (χ0v) is 31.5. The van der Waals surface area contributed by atoms with Crippen LogP contribution in [0.3, 0.4) is 0 Å². The average molecular weight is 731 g/mol. The van der Waals surface area contributed by atoms with E-state index in [0.717, 1.165) is 80.9 Å². The van der Waals surface area contributed by atoms with Crippen molar-refractivity contribution in [2.45, 2.75) is 99.4 Å². The van der Waals surface area contributed by atoms with E-state index in [-0.39, 0.29) is 42.1 Å². The number of aliphatic hydroxyl groups excluding tert-OH is 2. The predicted molar refractivity (Wildman–Crippen MR) is 208 cm³/mol. The molecule has 0 radical (unpaired) electrons. The zero-order chi connectivity index (χ0) is 35.8. The molecule has 1 saturated heterocycles. The molecule has 3 fully saturated rings. The Morgan fingerprint density at radius 2 is 1.79 bits per heavy atom. The van der Waals surface area contributed by atoms with E-state index in [9.17, 15) is 10.2 Å². The van der Waals surface area contributed by atoms with Crippen LogP contribution < -0.4 is 9.47 Å². The molecule has 5 aliphatic rings. The summed E-state index contributed by atoms with van der Waals surface area (Å²) in [7, 11) is 0. The van der Waals surface area contributed by atoms with E-state index in [1.807, 2.05) is 36.0 Å². The Morgan fingerprint density at radius 1 is 1.00 bits per heavy atom. The smallest absolute Gasteiger partial charge is 0.230 e. The summed E-state index contributed by atoms with van der Waals surface area (Å²) in [4.78, 5) is 8.59. The maximum absolute atomic E-state index is 9.89. The number of aliphatic hydroxyl groups is 2. The van der Waals surface area contributed by atoms with Crippen molar-refractivity contribution in [3.8, 4) is 11.5 Å². The van der Waals surface area contributed by atoms with Gasteiger partial charge in [-0.3, -0.25) is 4.90 Å². The second-order valence-corrected chi connectivity index (χ2v) is 16.7. The first-order chi connectivity index (χ1) is 25.6. The SMILES string of the molecule is C=CCO[C@@]12Oc3ccc(OCCN4CC4)cc3[C@H]3[C@H](CCCCO)[C@@H](CCCCO)C=C(C(=NOCc4ccccc4)C[C@@H]1SC1CCCC1)[C@H]32. The number of nitrogens with zero attached hydrogens (tertiary/aromatic N) is 2. The molecule has 6 atom stereocenters. The minimum atomic E-state index is -0.920. The zero-order valence-electron chi connectivity index (χ0n) is 30.7. The Labute approximate surface area is 314 Å². The molecule has 2 heterocycles. The maximum Gasteiger partial charge on any atom is 0.230 e. The van der Waals surface area contributed by atoms with Crippen molar-refractivity contribution < 1.29 is 29.3 Å². The van der Waals surface area contributed by atoms with E-state index < -0.39 is 5.79 Å². The van der Waals surface area contributed by atoms with Gasteiger partial charge in [0.05, 0.1) is 23.5 Å². The van der Waals surface area contributed by atoms with E-state index in [0.29, 0.717) is 31.5 Å². The second kappa shape index (κ2) is 18.0. The summed E-state index contributed by atoms with van der Waals surface area (Å²) in [5.74, 6) is 1.33. The van der Waals surface area contributed by atoms with Gasteiger partial charge in [-0.25, -0.2) is 0 Å². The quantitative estimate of drug-likeness (QED) is 0.0616. The number of thioether (sulfide) groups is 1. The molecule has 2 aromatic carbocycles. The molecule has 282 valence electrons. The van der Waals surface area contributed by atoms with Crippen molar-refractivity contribution in [3.05, 3.63) is 84.0 Å². The first-order valence-corrected chi connectivity index (χ1v) is 20.8. The van der Waals surface area contributed by atoms with Gasteiger partial charge in [0.15, 0.2) is 0 Å². The third-order valence-electron chi connectivity index (χ3n) is 11.7. The fraction of sp³-hybridized carbons (Fsp3) is 0.605. The van der Waals surface area contributed by atoms with Crippen LogP contribution in [0.1, 0.15) is 87.7 Å². The molecule has 0 aromatic heterocycles. The topological polar surface area (TPSA) is 92.8 Å². The molecule has 8 nitrogen and oxygen atoms in total. The minimum Gasteiger partial charge on any atom is -0.492 e. The van der Waals surface area contributed by atoms with Gasteiger partial charge >= 0.3 is 0 Å². The summed E-state index contributed by atoms with van der Waals surface area (Å²) in [6.45, 7) is 9.15. The molecule has 2 N–H and O–H groups in total. The highest BCUT2D eigenvalue weighted by Gasteiger charge is 2.64. The Kier molecular flexibility index (Phi) is 13.0. The van der Waals surface area contributed by atoms with Crippen LogP contribution in [0.5, 0.6) is 11.5 Å². The highest BCUT2D eigenvalue weighted by atomic mass is 32.2. The van der Waals surface area contributed by atoms with Crippen LogP contribution in [-0.4, -0.2) is 83.2 Å². The van der Waals surface area contributed by atoms with Gasteiger partial charge in [-0.2, -0.15) is 0 Å². The van der Waals surface area contributed by atoms with Crippen molar-refractivity contribution in [1.82, 2.24) is 4.90 Å². The molecule has 52 heavy (non-hydrogen) atoms. The molecule has 9 heteroatoms. The maximum atomic E-state index is 9.89. The first-order valence-electron chi connectivity index (χ1n) is 19.9. The van der Waals surface area contributed by atoms with Crippen molar-refractivity contribution >= 4 is 17.5 Å². The molecular formula is C43H58N2O6S. The lowest BCUT2D eigenvalue weighted by Crippen LogP contribution is -2.64. The van der Waals surface area contributed by atoms with Crippen LogP contribution in [0.15, 0.2) is 78.0 Å². The lowest BCUT2D eigenvalue weighted by Gasteiger charge is -2.58. The van der Waals surface area contributed by atoms with Crippen molar-refractivity contribution in [3.63, 3.8) is 0 Å². The third kappa shape index (κ3) is 8.60. The monoisotopic (exact) mass is 730 g/mol. The number of benzene rings is 2. The Balaban J connectivity index is 1.34. The number of rotatable bonds is 20. The number of unbranched alkanes of at least 4 members (excludes halogenated alkanes) is 2. The summed E-state index contributed by atoms with van der Waals surface area (Å²) in [5, 5.41) is 25.2. The normalized spacial score (nSPS) is 28.8. The van der Waals surface area contributed by atoms with Crippen LogP contribution in [-0.2, 0) is 16.2 Å². The first kappa shape index (κ1) is 37.5. The molecule has 2 aromatic rings. The van der Waals surface area contributed by atoms with E-state index in [1.165, 1.54) is 36.8 Å². The summed E-state index contributed by atoms with van der Waals surface area (Å²) in [6, 6.07) is 16.7. The molecule has 0 amide bonds. The summed E-state index contributed by atoms with van der Waals surface area (Å²) in [6.07, 6.45) is 15.3. The van der Waals surface area contributed by atoms with Gasteiger partial charge < -0.3 is 29.3 Å². The van der Waals surface area contributed by atoms with Crippen molar-refractivity contribution in [1.29, 1.82) is 0 Å².